The molecule has 0 aliphatic heterocycles. The van der Waals surface area contributed by atoms with Gasteiger partial charge in [0.2, 0.25) is 5.95 Å². The van der Waals surface area contributed by atoms with Crippen LogP contribution in [0.25, 0.3) is 0 Å². The van der Waals surface area contributed by atoms with Gasteiger partial charge in [0.25, 0.3) is 0 Å². The number of nitrogens with one attached hydrogen (secondary N) is 1. The van der Waals surface area contributed by atoms with Gasteiger partial charge in [-0.2, -0.15) is 0 Å². The number of aryl methyl sites for hydroxylation is 1. The Morgan fingerprint density at radius 2 is 2.07 bits per heavy atom. The number of nitrogens with two attached hydrogens (primary N) is 1. The molecule has 0 bridgehead atoms. The number of anilines is 1. The van der Waals surface area contributed by atoms with Crippen LogP contribution in [0.5, 0.6) is 0 Å². The zero-order valence-electron chi connectivity index (χ0n) is 8.45. The van der Waals surface area contributed by atoms with E-state index >= 15 is 0 Å². The topological polar surface area (TPSA) is 63.8 Å². The highest BCUT2D eigenvalue weighted by molar-refractivity contribution is 5.28. The average Bonchev–Trinajstić information content (AvgIpc) is 2.69. The molecule has 1 aromatic rings. The van der Waals surface area contributed by atoms with E-state index in [4.69, 9.17) is 5.84 Å². The summed E-state index contributed by atoms with van der Waals surface area (Å²) in [5.41, 5.74) is 4.63. The Labute approximate surface area is 83.9 Å². The summed E-state index contributed by atoms with van der Waals surface area (Å²) in [6.07, 6.45) is 5.14. The lowest BCUT2D eigenvalue weighted by atomic mass is 10.0. The summed E-state index contributed by atoms with van der Waals surface area (Å²) in [5.74, 6) is 6.46. The molecule has 1 aromatic heterocycles. The summed E-state index contributed by atoms with van der Waals surface area (Å²) >= 11 is 0. The van der Waals surface area contributed by atoms with Crippen molar-refractivity contribution in [1.82, 2.24) is 9.97 Å². The quantitative estimate of drug-likeness (QED) is 0.553. The van der Waals surface area contributed by atoms with Crippen molar-refractivity contribution in [3.63, 3.8) is 0 Å². The molecule has 0 spiro atoms. The number of aromatic nitrogens is 2. The van der Waals surface area contributed by atoms with Gasteiger partial charge in [0.1, 0.15) is 0 Å². The third kappa shape index (κ3) is 1.85. The van der Waals surface area contributed by atoms with E-state index < -0.39 is 0 Å². The molecule has 1 heterocycles. The Morgan fingerprint density at radius 1 is 1.36 bits per heavy atom. The Bertz CT molecular complexity index is 318. The Kier molecular flexibility index (Phi) is 2.63. The summed E-state index contributed by atoms with van der Waals surface area (Å²) < 4.78 is 0. The Morgan fingerprint density at radius 3 is 2.71 bits per heavy atom. The minimum atomic E-state index is 0.534. The van der Waals surface area contributed by atoms with E-state index in [9.17, 15) is 0 Å². The molecule has 76 valence electrons. The lowest BCUT2D eigenvalue weighted by Crippen LogP contribution is -2.12. The predicted octanol–water partition coefficient (Wildman–Crippen LogP) is 1.73. The van der Waals surface area contributed by atoms with E-state index in [0.717, 1.165) is 11.4 Å². The molecular formula is C10H16N4. The second-order valence-electron chi connectivity index (χ2n) is 3.88. The van der Waals surface area contributed by atoms with Gasteiger partial charge in [-0.25, -0.2) is 15.8 Å². The van der Waals surface area contributed by atoms with Crippen LogP contribution in [0.1, 0.15) is 43.0 Å². The summed E-state index contributed by atoms with van der Waals surface area (Å²) in [6.45, 7) is 1.97. The number of nitrogen functional groups attached to an aromatic ring is 1. The second-order valence-corrected chi connectivity index (χ2v) is 3.88. The number of rotatable bonds is 2. The molecule has 0 saturated heterocycles. The van der Waals surface area contributed by atoms with Gasteiger partial charge in [0, 0.05) is 17.3 Å². The van der Waals surface area contributed by atoms with E-state index in [0.29, 0.717) is 11.9 Å². The zero-order valence-corrected chi connectivity index (χ0v) is 8.45. The van der Waals surface area contributed by atoms with Crippen molar-refractivity contribution in [3.8, 4) is 0 Å². The van der Waals surface area contributed by atoms with Gasteiger partial charge in [-0.3, -0.25) is 5.43 Å². The molecule has 0 atom stereocenters. The Hall–Kier alpha value is -1.16. The van der Waals surface area contributed by atoms with E-state index in [1.54, 1.807) is 0 Å². The summed E-state index contributed by atoms with van der Waals surface area (Å²) in [4.78, 5) is 8.56. The first-order valence-corrected chi connectivity index (χ1v) is 5.12. The lowest BCUT2D eigenvalue weighted by molar-refractivity contribution is 0.693. The first-order valence-electron chi connectivity index (χ1n) is 5.12. The van der Waals surface area contributed by atoms with Gasteiger partial charge >= 0.3 is 0 Å². The molecule has 0 radical (unpaired) electrons. The SMILES string of the molecule is Cc1cc(C2CCCC2)nc(NN)n1. The molecule has 1 saturated carbocycles. The van der Waals surface area contributed by atoms with Crippen LogP contribution >= 0.6 is 0 Å². The standard InChI is InChI=1S/C10H16N4/c1-7-6-9(8-4-2-3-5-8)13-10(12-7)14-11/h6,8H,2-5,11H2,1H3,(H,12,13,14). The van der Waals surface area contributed by atoms with Crippen LogP contribution < -0.4 is 11.3 Å². The first kappa shape index (κ1) is 9.40. The molecule has 0 unspecified atom stereocenters. The van der Waals surface area contributed by atoms with Crippen molar-refractivity contribution in [2.24, 2.45) is 5.84 Å². The van der Waals surface area contributed by atoms with Gasteiger partial charge in [0.05, 0.1) is 0 Å². The van der Waals surface area contributed by atoms with Crippen molar-refractivity contribution in [3.05, 3.63) is 17.5 Å². The van der Waals surface area contributed by atoms with Crippen LogP contribution in [0.4, 0.5) is 5.95 Å². The summed E-state index contributed by atoms with van der Waals surface area (Å²) in [5, 5.41) is 0. The zero-order chi connectivity index (χ0) is 9.97. The molecule has 2 rings (SSSR count). The van der Waals surface area contributed by atoms with Crippen LogP contribution in [0.2, 0.25) is 0 Å². The minimum absolute atomic E-state index is 0.534. The monoisotopic (exact) mass is 192 g/mol. The molecular weight excluding hydrogens is 176 g/mol. The first-order chi connectivity index (χ1) is 6.79. The van der Waals surface area contributed by atoms with Crippen molar-refractivity contribution in [2.75, 3.05) is 5.43 Å². The fraction of sp³-hybridized carbons (Fsp3) is 0.600. The molecule has 3 N–H and O–H groups in total. The maximum Gasteiger partial charge on any atom is 0.237 e. The molecule has 0 amide bonds. The number of hydrazine groups is 1. The van der Waals surface area contributed by atoms with Crippen molar-refractivity contribution in [1.29, 1.82) is 0 Å². The molecule has 1 aliphatic carbocycles. The normalized spacial score (nSPS) is 17.3. The highest BCUT2D eigenvalue weighted by atomic mass is 15.3. The van der Waals surface area contributed by atoms with Crippen LogP contribution in [-0.2, 0) is 0 Å². The van der Waals surface area contributed by atoms with Gasteiger partial charge < -0.3 is 0 Å². The average molecular weight is 192 g/mol. The fourth-order valence-corrected chi connectivity index (χ4v) is 2.09. The summed E-state index contributed by atoms with van der Waals surface area (Å²) in [6, 6.07) is 2.07. The fourth-order valence-electron chi connectivity index (χ4n) is 2.09. The largest absolute Gasteiger partial charge is 0.292 e. The van der Waals surface area contributed by atoms with Crippen molar-refractivity contribution < 1.29 is 0 Å². The van der Waals surface area contributed by atoms with Crippen LogP contribution in [0.15, 0.2) is 6.07 Å². The minimum Gasteiger partial charge on any atom is -0.292 e. The number of hydrogen-bond donors (Lipinski definition) is 2. The molecule has 1 fully saturated rings. The number of hydrogen-bond acceptors (Lipinski definition) is 4. The third-order valence-electron chi connectivity index (χ3n) is 2.78. The maximum absolute atomic E-state index is 5.31. The van der Waals surface area contributed by atoms with Crippen molar-refractivity contribution >= 4 is 5.95 Å². The van der Waals surface area contributed by atoms with E-state index in [2.05, 4.69) is 21.5 Å². The van der Waals surface area contributed by atoms with Crippen LogP contribution in [0.3, 0.4) is 0 Å². The van der Waals surface area contributed by atoms with Gasteiger partial charge in [-0.05, 0) is 25.8 Å². The predicted molar refractivity (Wildman–Crippen MR) is 55.8 cm³/mol. The van der Waals surface area contributed by atoms with Crippen LogP contribution in [-0.4, -0.2) is 9.97 Å². The molecule has 0 aromatic carbocycles. The highest BCUT2D eigenvalue weighted by Gasteiger charge is 2.19. The van der Waals surface area contributed by atoms with Crippen molar-refractivity contribution in [2.45, 2.75) is 38.5 Å². The van der Waals surface area contributed by atoms with Gasteiger partial charge in [-0.15, -0.1) is 0 Å². The highest BCUT2D eigenvalue weighted by Crippen LogP contribution is 2.33. The smallest absolute Gasteiger partial charge is 0.237 e. The third-order valence-corrected chi connectivity index (χ3v) is 2.78. The van der Waals surface area contributed by atoms with Gasteiger partial charge in [0.15, 0.2) is 0 Å². The number of nitrogens with zero attached hydrogens (tertiary/aromatic N) is 2. The molecule has 4 heteroatoms. The molecule has 4 nitrogen and oxygen atoms in total. The van der Waals surface area contributed by atoms with E-state index in [1.165, 1.54) is 25.7 Å². The van der Waals surface area contributed by atoms with E-state index in [-0.39, 0.29) is 0 Å². The molecule has 1 aliphatic rings. The molecule has 14 heavy (non-hydrogen) atoms. The second kappa shape index (κ2) is 3.92. The van der Waals surface area contributed by atoms with Crippen LogP contribution in [0, 0.1) is 6.92 Å². The maximum atomic E-state index is 5.31. The van der Waals surface area contributed by atoms with Gasteiger partial charge in [-0.1, -0.05) is 12.8 Å². The Balaban J connectivity index is 2.27. The summed E-state index contributed by atoms with van der Waals surface area (Å²) in [7, 11) is 0. The lowest BCUT2D eigenvalue weighted by Gasteiger charge is -2.10. The van der Waals surface area contributed by atoms with E-state index in [1.807, 2.05) is 6.92 Å².